The average molecular weight is 321 g/mol. The van der Waals surface area contributed by atoms with Gasteiger partial charge < -0.3 is 4.74 Å². The average Bonchev–Trinajstić information content (AvgIpc) is 2.53. The predicted molar refractivity (Wildman–Crippen MR) is 91.4 cm³/mol. The molecular formula is C17H27N3O3. The van der Waals surface area contributed by atoms with Crippen LogP contribution < -0.4 is 10.9 Å². The van der Waals surface area contributed by atoms with Crippen molar-refractivity contribution >= 4 is 11.4 Å². The molecule has 2 rings (SSSR count). The lowest BCUT2D eigenvalue weighted by atomic mass is 9.81. The highest BCUT2D eigenvalue weighted by Gasteiger charge is 2.38. The van der Waals surface area contributed by atoms with Crippen molar-refractivity contribution in [2.45, 2.75) is 64.5 Å². The normalized spacial score (nSPS) is 24.4. The third-order valence-electron chi connectivity index (χ3n) is 4.74. The minimum absolute atomic E-state index is 0.0590. The summed E-state index contributed by atoms with van der Waals surface area (Å²) in [4.78, 5) is 10.9. The second-order valence-electron chi connectivity index (χ2n) is 6.69. The lowest BCUT2D eigenvalue weighted by molar-refractivity contribution is -0.384. The number of nitro benzene ring substituents is 1. The Morgan fingerprint density at radius 3 is 2.65 bits per heavy atom. The first-order chi connectivity index (χ1) is 10.9. The number of benzene rings is 1. The molecule has 2 N–H and O–H groups in total. The first-order valence-corrected chi connectivity index (χ1v) is 8.29. The summed E-state index contributed by atoms with van der Waals surface area (Å²) < 4.78 is 5.82. The fraction of sp³-hybridized carbons (Fsp3) is 0.647. The van der Waals surface area contributed by atoms with Gasteiger partial charge in [-0.15, -0.1) is 0 Å². The molecule has 1 aromatic rings. The zero-order valence-corrected chi connectivity index (χ0v) is 14.2. The number of nitrogens with two attached hydrogens (primary N) is 1. The van der Waals surface area contributed by atoms with Crippen molar-refractivity contribution in [3.63, 3.8) is 0 Å². The zero-order valence-electron chi connectivity index (χ0n) is 14.2. The van der Waals surface area contributed by atoms with Gasteiger partial charge in [0.2, 0.25) is 0 Å². The van der Waals surface area contributed by atoms with Gasteiger partial charge in [0.1, 0.15) is 5.69 Å². The number of hydrazine groups is 1. The van der Waals surface area contributed by atoms with Crippen LogP contribution in [0.2, 0.25) is 0 Å². The molecule has 0 unspecified atom stereocenters. The molecule has 0 bridgehead atoms. The Labute approximate surface area is 137 Å². The second-order valence-corrected chi connectivity index (χ2v) is 6.69. The van der Waals surface area contributed by atoms with Gasteiger partial charge in [0, 0.05) is 12.7 Å². The van der Waals surface area contributed by atoms with Crippen molar-refractivity contribution in [1.29, 1.82) is 0 Å². The Morgan fingerprint density at radius 2 is 2.09 bits per heavy atom. The Bertz CT molecular complexity index is 554. The number of nitro groups is 1. The quantitative estimate of drug-likeness (QED) is 0.490. The topological polar surface area (TPSA) is 81.6 Å². The minimum atomic E-state index is -0.367. The maximum atomic E-state index is 11.3. The number of nitrogens with zero attached hydrogens (tertiary/aromatic N) is 2. The van der Waals surface area contributed by atoms with Crippen LogP contribution in [0.1, 0.15) is 51.5 Å². The van der Waals surface area contributed by atoms with Crippen molar-refractivity contribution in [3.05, 3.63) is 33.9 Å². The van der Waals surface area contributed by atoms with Gasteiger partial charge in [0.15, 0.2) is 0 Å². The van der Waals surface area contributed by atoms with Gasteiger partial charge >= 0.3 is 0 Å². The van der Waals surface area contributed by atoms with Gasteiger partial charge in [-0.25, -0.2) is 5.84 Å². The lowest BCUT2D eigenvalue weighted by Crippen LogP contribution is -2.54. The first-order valence-electron chi connectivity index (χ1n) is 8.29. The minimum Gasteiger partial charge on any atom is -0.378 e. The smallest absolute Gasteiger partial charge is 0.293 e. The molecule has 23 heavy (non-hydrogen) atoms. The van der Waals surface area contributed by atoms with E-state index < -0.39 is 0 Å². The largest absolute Gasteiger partial charge is 0.378 e. The van der Waals surface area contributed by atoms with Crippen LogP contribution >= 0.6 is 0 Å². The molecule has 0 aromatic heterocycles. The van der Waals surface area contributed by atoms with Crippen LogP contribution in [-0.4, -0.2) is 23.2 Å². The molecule has 0 aliphatic heterocycles. The van der Waals surface area contributed by atoms with E-state index in [1.54, 1.807) is 17.1 Å². The molecule has 1 aromatic carbocycles. The van der Waals surface area contributed by atoms with Crippen molar-refractivity contribution in [2.75, 3.05) is 11.6 Å². The standard InChI is InChI=1S/C17H27N3O3/c1-4-11-23-14-7-9-17(3,10-8-14)19(18)16-12-13(2)5-6-15(16)20(21)22/h5-6,12,14H,4,7-11,18H2,1-3H3. The lowest BCUT2D eigenvalue weighted by Gasteiger charge is -2.44. The molecule has 0 heterocycles. The summed E-state index contributed by atoms with van der Waals surface area (Å²) in [5.41, 5.74) is 1.23. The van der Waals surface area contributed by atoms with E-state index in [0.717, 1.165) is 44.3 Å². The molecule has 0 atom stereocenters. The molecule has 1 saturated carbocycles. The summed E-state index contributed by atoms with van der Waals surface area (Å²) >= 11 is 0. The summed E-state index contributed by atoms with van der Waals surface area (Å²) in [5, 5.41) is 12.9. The zero-order chi connectivity index (χ0) is 17.0. The molecule has 128 valence electrons. The van der Waals surface area contributed by atoms with Crippen LogP contribution in [0.4, 0.5) is 11.4 Å². The van der Waals surface area contributed by atoms with Crippen molar-refractivity contribution < 1.29 is 9.66 Å². The SMILES string of the molecule is CCCOC1CCC(C)(N(N)c2cc(C)ccc2[N+](=O)[O-])CC1. The van der Waals surface area contributed by atoms with E-state index in [4.69, 9.17) is 10.6 Å². The maximum absolute atomic E-state index is 11.3. The van der Waals surface area contributed by atoms with Gasteiger partial charge in [-0.1, -0.05) is 13.0 Å². The molecule has 1 fully saturated rings. The van der Waals surface area contributed by atoms with Crippen LogP contribution in [0.3, 0.4) is 0 Å². The molecule has 1 aliphatic carbocycles. The molecule has 0 radical (unpaired) electrons. The van der Waals surface area contributed by atoms with Crippen LogP contribution in [0.15, 0.2) is 18.2 Å². The van der Waals surface area contributed by atoms with E-state index >= 15 is 0 Å². The van der Waals surface area contributed by atoms with E-state index in [9.17, 15) is 10.1 Å². The molecule has 6 nitrogen and oxygen atoms in total. The molecule has 0 amide bonds. The summed E-state index contributed by atoms with van der Waals surface area (Å²) in [6.45, 7) is 6.89. The third-order valence-corrected chi connectivity index (χ3v) is 4.74. The Kier molecular flexibility index (Phi) is 5.59. The monoisotopic (exact) mass is 321 g/mol. The number of hydrogen-bond acceptors (Lipinski definition) is 5. The van der Waals surface area contributed by atoms with Crippen molar-refractivity contribution in [3.8, 4) is 0 Å². The van der Waals surface area contributed by atoms with Crippen LogP contribution in [0.25, 0.3) is 0 Å². The second kappa shape index (κ2) is 7.27. The summed E-state index contributed by atoms with van der Waals surface area (Å²) in [6, 6.07) is 5.07. The predicted octanol–water partition coefficient (Wildman–Crippen LogP) is 3.71. The van der Waals surface area contributed by atoms with Crippen LogP contribution in [0, 0.1) is 17.0 Å². The van der Waals surface area contributed by atoms with E-state index in [0.29, 0.717) is 5.69 Å². The van der Waals surface area contributed by atoms with Gasteiger partial charge in [-0.3, -0.25) is 15.1 Å². The Hall–Kier alpha value is -1.66. The van der Waals surface area contributed by atoms with E-state index in [1.165, 1.54) is 6.07 Å². The molecule has 0 saturated heterocycles. The highest BCUT2D eigenvalue weighted by molar-refractivity contribution is 5.65. The van der Waals surface area contributed by atoms with E-state index in [-0.39, 0.29) is 22.3 Å². The van der Waals surface area contributed by atoms with Crippen molar-refractivity contribution in [2.24, 2.45) is 5.84 Å². The number of hydrogen-bond donors (Lipinski definition) is 1. The Morgan fingerprint density at radius 1 is 1.43 bits per heavy atom. The third kappa shape index (κ3) is 4.00. The van der Waals surface area contributed by atoms with Gasteiger partial charge in [-0.2, -0.15) is 0 Å². The fourth-order valence-electron chi connectivity index (χ4n) is 3.18. The van der Waals surface area contributed by atoms with Gasteiger partial charge in [-0.05, 0) is 57.6 Å². The number of ether oxygens (including phenoxy) is 1. The molecule has 1 aliphatic rings. The number of rotatable bonds is 6. The van der Waals surface area contributed by atoms with Gasteiger partial charge in [0.05, 0.1) is 16.6 Å². The van der Waals surface area contributed by atoms with E-state index in [2.05, 4.69) is 13.8 Å². The first kappa shape index (κ1) is 17.7. The highest BCUT2D eigenvalue weighted by Crippen LogP contribution is 2.39. The maximum Gasteiger partial charge on any atom is 0.293 e. The number of anilines is 1. The number of aryl methyl sites for hydroxylation is 1. The summed E-state index contributed by atoms with van der Waals surface area (Å²) in [7, 11) is 0. The molecule has 6 heteroatoms. The van der Waals surface area contributed by atoms with Crippen LogP contribution in [-0.2, 0) is 4.74 Å². The van der Waals surface area contributed by atoms with Crippen molar-refractivity contribution in [1.82, 2.24) is 0 Å². The fourth-order valence-corrected chi connectivity index (χ4v) is 3.18. The van der Waals surface area contributed by atoms with Crippen LogP contribution in [0.5, 0.6) is 0 Å². The summed E-state index contributed by atoms with van der Waals surface area (Å²) in [5.74, 6) is 6.35. The van der Waals surface area contributed by atoms with E-state index in [1.807, 2.05) is 6.92 Å². The summed E-state index contributed by atoms with van der Waals surface area (Å²) in [6.07, 6.45) is 4.90. The highest BCUT2D eigenvalue weighted by atomic mass is 16.6. The van der Waals surface area contributed by atoms with Gasteiger partial charge in [0.25, 0.3) is 5.69 Å². The molecule has 0 spiro atoms. The Balaban J connectivity index is 2.16. The molecular weight excluding hydrogens is 294 g/mol.